The highest BCUT2D eigenvalue weighted by Crippen LogP contribution is 2.23. The highest BCUT2D eigenvalue weighted by Gasteiger charge is 2.36. The van der Waals surface area contributed by atoms with Crippen LogP contribution in [0.4, 0.5) is 10.5 Å². The predicted octanol–water partition coefficient (Wildman–Crippen LogP) is 3.27. The summed E-state index contributed by atoms with van der Waals surface area (Å²) >= 11 is 3.15. The number of hydrogen-bond acceptors (Lipinski definition) is 4. The van der Waals surface area contributed by atoms with Gasteiger partial charge in [0, 0.05) is 0 Å². The average molecular weight is 389 g/mol. The van der Waals surface area contributed by atoms with Gasteiger partial charge in [0.1, 0.15) is 11.3 Å². The molecule has 0 unspecified atom stereocenters. The van der Waals surface area contributed by atoms with Gasteiger partial charge < -0.3 is 4.42 Å². The van der Waals surface area contributed by atoms with E-state index >= 15 is 0 Å². The van der Waals surface area contributed by atoms with Crippen molar-refractivity contribution in [3.8, 4) is 0 Å². The van der Waals surface area contributed by atoms with Crippen LogP contribution < -0.4 is 10.2 Å². The molecule has 6 nitrogen and oxygen atoms in total. The second kappa shape index (κ2) is 6.45. The summed E-state index contributed by atoms with van der Waals surface area (Å²) in [6, 6.07) is 9.49. The summed E-state index contributed by atoms with van der Waals surface area (Å²) in [4.78, 5) is 37.7. The minimum absolute atomic E-state index is 0.170. The van der Waals surface area contributed by atoms with E-state index in [4.69, 9.17) is 4.42 Å². The van der Waals surface area contributed by atoms with Crippen molar-refractivity contribution in [2.24, 2.45) is 0 Å². The van der Waals surface area contributed by atoms with Gasteiger partial charge in [-0.2, -0.15) is 0 Å². The Kier molecular flexibility index (Phi) is 4.35. The number of imide groups is 2. The third-order valence-electron chi connectivity index (χ3n) is 3.59. The Hall–Kier alpha value is -2.67. The molecule has 24 heavy (non-hydrogen) atoms. The van der Waals surface area contributed by atoms with Crippen LogP contribution >= 0.6 is 15.9 Å². The molecule has 0 atom stereocenters. The molecule has 0 bridgehead atoms. The Morgan fingerprint density at radius 3 is 2.42 bits per heavy atom. The first-order chi connectivity index (χ1) is 11.5. The van der Waals surface area contributed by atoms with Gasteiger partial charge in [-0.1, -0.05) is 19.1 Å². The summed E-state index contributed by atoms with van der Waals surface area (Å²) < 4.78 is 5.76. The van der Waals surface area contributed by atoms with E-state index in [1.807, 2.05) is 19.1 Å². The monoisotopic (exact) mass is 388 g/mol. The summed E-state index contributed by atoms with van der Waals surface area (Å²) in [5.74, 6) is -1.12. The number of nitrogens with zero attached hydrogens (tertiary/aromatic N) is 1. The summed E-state index contributed by atoms with van der Waals surface area (Å²) in [6.45, 7) is 2.01. The number of anilines is 1. The zero-order valence-electron chi connectivity index (χ0n) is 12.7. The molecule has 0 saturated carbocycles. The van der Waals surface area contributed by atoms with Crippen LogP contribution in [0.5, 0.6) is 0 Å². The molecule has 122 valence electrons. The zero-order valence-corrected chi connectivity index (χ0v) is 14.3. The molecule has 1 N–H and O–H groups in total. The summed E-state index contributed by atoms with van der Waals surface area (Å²) in [5.41, 5.74) is 1.31. The van der Waals surface area contributed by atoms with Gasteiger partial charge in [-0.3, -0.25) is 14.9 Å². The molecule has 0 aliphatic carbocycles. The number of aryl methyl sites for hydroxylation is 1. The van der Waals surface area contributed by atoms with Gasteiger partial charge in [0.2, 0.25) is 0 Å². The minimum atomic E-state index is -0.771. The average Bonchev–Trinajstić information content (AvgIpc) is 2.97. The quantitative estimate of drug-likeness (QED) is 0.646. The van der Waals surface area contributed by atoms with E-state index in [9.17, 15) is 14.4 Å². The van der Waals surface area contributed by atoms with E-state index in [2.05, 4.69) is 21.2 Å². The van der Waals surface area contributed by atoms with E-state index < -0.39 is 17.8 Å². The molecule has 3 rings (SSSR count). The molecule has 0 radical (unpaired) electrons. The Morgan fingerprint density at radius 2 is 1.83 bits per heavy atom. The summed E-state index contributed by atoms with van der Waals surface area (Å²) in [5, 5.41) is 2.17. The van der Waals surface area contributed by atoms with Gasteiger partial charge >= 0.3 is 6.03 Å². The first-order valence-electron chi connectivity index (χ1n) is 7.25. The third kappa shape index (κ3) is 3.03. The lowest BCUT2D eigenvalue weighted by Gasteiger charge is -2.26. The third-order valence-corrected chi connectivity index (χ3v) is 4.01. The van der Waals surface area contributed by atoms with Gasteiger partial charge in [-0.05, 0) is 58.3 Å². The fraction of sp³-hybridized carbons (Fsp3) is 0.118. The number of rotatable bonds is 3. The molecular formula is C17H13BrN2O4. The maximum atomic E-state index is 12.6. The van der Waals surface area contributed by atoms with Crippen LogP contribution in [-0.4, -0.2) is 17.8 Å². The van der Waals surface area contributed by atoms with Gasteiger partial charge in [0.25, 0.3) is 11.8 Å². The van der Waals surface area contributed by atoms with E-state index in [1.165, 1.54) is 6.08 Å². The summed E-state index contributed by atoms with van der Waals surface area (Å²) in [7, 11) is 0. The van der Waals surface area contributed by atoms with Crippen molar-refractivity contribution in [1.29, 1.82) is 0 Å². The van der Waals surface area contributed by atoms with Crippen LogP contribution in [0.15, 0.2) is 51.1 Å². The summed E-state index contributed by atoms with van der Waals surface area (Å²) in [6.07, 6.45) is 2.15. The number of urea groups is 1. The van der Waals surface area contributed by atoms with Crippen molar-refractivity contribution in [2.75, 3.05) is 4.90 Å². The number of amides is 4. The number of halogens is 1. The molecular weight excluding hydrogens is 376 g/mol. The van der Waals surface area contributed by atoms with Crippen LogP contribution in [0.1, 0.15) is 18.2 Å². The lowest BCUT2D eigenvalue weighted by Crippen LogP contribution is -2.54. The number of furan rings is 1. The van der Waals surface area contributed by atoms with E-state index in [-0.39, 0.29) is 5.57 Å². The van der Waals surface area contributed by atoms with Crippen LogP contribution in [0.3, 0.4) is 0 Å². The van der Waals surface area contributed by atoms with Gasteiger partial charge in [-0.15, -0.1) is 0 Å². The Morgan fingerprint density at radius 1 is 1.12 bits per heavy atom. The standard InChI is InChI=1S/C17H13BrN2O4/c1-2-10-3-5-11(6-4-10)20-16(22)13(15(21)19-17(20)23)9-12-7-8-14(18)24-12/h3-9H,2H2,1H3,(H,19,21,23)/b13-9-. The molecule has 7 heteroatoms. The molecule has 1 aromatic heterocycles. The fourth-order valence-electron chi connectivity index (χ4n) is 2.32. The molecule has 1 aliphatic rings. The number of hydrogen-bond donors (Lipinski definition) is 1. The SMILES string of the molecule is CCc1ccc(N2C(=O)NC(=O)/C(=C/c3ccc(Br)o3)C2=O)cc1. The lowest BCUT2D eigenvalue weighted by molar-refractivity contribution is -0.122. The van der Waals surface area contributed by atoms with Crippen molar-refractivity contribution in [1.82, 2.24) is 5.32 Å². The van der Waals surface area contributed by atoms with Gasteiger partial charge in [-0.25, -0.2) is 9.69 Å². The van der Waals surface area contributed by atoms with Crippen LogP contribution in [-0.2, 0) is 16.0 Å². The molecule has 4 amide bonds. The topological polar surface area (TPSA) is 79.6 Å². The predicted molar refractivity (Wildman–Crippen MR) is 91.2 cm³/mol. The van der Waals surface area contributed by atoms with Crippen molar-refractivity contribution in [3.63, 3.8) is 0 Å². The van der Waals surface area contributed by atoms with Crippen molar-refractivity contribution in [3.05, 3.63) is 58.0 Å². The normalized spacial score (nSPS) is 16.7. The van der Waals surface area contributed by atoms with Gasteiger partial charge in [0.05, 0.1) is 5.69 Å². The molecule has 0 spiro atoms. The molecule has 2 heterocycles. The highest BCUT2D eigenvalue weighted by molar-refractivity contribution is 9.10. The number of barbiturate groups is 1. The molecule has 1 aromatic carbocycles. The maximum absolute atomic E-state index is 12.6. The number of nitrogens with one attached hydrogen (secondary N) is 1. The van der Waals surface area contributed by atoms with Crippen molar-refractivity contribution in [2.45, 2.75) is 13.3 Å². The van der Waals surface area contributed by atoms with Crippen LogP contribution in [0, 0.1) is 0 Å². The number of carbonyl (C=O) groups is 3. The highest BCUT2D eigenvalue weighted by atomic mass is 79.9. The van der Waals surface area contributed by atoms with Crippen molar-refractivity contribution < 1.29 is 18.8 Å². The Bertz CT molecular complexity index is 852. The van der Waals surface area contributed by atoms with E-state index in [0.717, 1.165) is 16.9 Å². The smallest absolute Gasteiger partial charge is 0.335 e. The second-order valence-electron chi connectivity index (χ2n) is 5.12. The Balaban J connectivity index is 1.97. The molecule has 1 fully saturated rings. The fourth-order valence-corrected chi connectivity index (χ4v) is 2.64. The van der Waals surface area contributed by atoms with Gasteiger partial charge in [0.15, 0.2) is 4.67 Å². The zero-order chi connectivity index (χ0) is 17.3. The van der Waals surface area contributed by atoms with Crippen LogP contribution in [0.2, 0.25) is 0 Å². The minimum Gasteiger partial charge on any atom is -0.450 e. The Labute approximate surface area is 146 Å². The maximum Gasteiger partial charge on any atom is 0.335 e. The molecule has 2 aromatic rings. The first-order valence-corrected chi connectivity index (χ1v) is 8.04. The molecule has 1 aliphatic heterocycles. The van der Waals surface area contributed by atoms with Crippen LogP contribution in [0.25, 0.3) is 6.08 Å². The number of benzene rings is 1. The lowest BCUT2D eigenvalue weighted by atomic mass is 10.1. The van der Waals surface area contributed by atoms with Crippen molar-refractivity contribution >= 4 is 45.5 Å². The largest absolute Gasteiger partial charge is 0.450 e. The molecule has 1 saturated heterocycles. The first kappa shape index (κ1) is 16.2. The van der Waals surface area contributed by atoms with E-state index in [1.54, 1.807) is 24.3 Å². The van der Waals surface area contributed by atoms with E-state index in [0.29, 0.717) is 16.1 Å². The number of carbonyl (C=O) groups excluding carboxylic acids is 3. The second-order valence-corrected chi connectivity index (χ2v) is 5.90.